The summed E-state index contributed by atoms with van der Waals surface area (Å²) in [5.41, 5.74) is 3.61. The lowest BCUT2D eigenvalue weighted by molar-refractivity contribution is -1.02. The first-order valence-corrected chi connectivity index (χ1v) is 11.0. The first-order valence-electron chi connectivity index (χ1n) is 11.0. The van der Waals surface area contributed by atoms with Gasteiger partial charge in [-0.25, -0.2) is 0 Å². The molecular weight excluding hydrogens is 392 g/mol. The predicted molar refractivity (Wildman–Crippen MR) is 120 cm³/mol. The zero-order chi connectivity index (χ0) is 21.8. The second-order valence-electron chi connectivity index (χ2n) is 8.85. The highest BCUT2D eigenvalue weighted by Gasteiger charge is 2.26. The third-order valence-electron chi connectivity index (χ3n) is 6.25. The van der Waals surface area contributed by atoms with Crippen molar-refractivity contribution < 1.29 is 24.1 Å². The lowest BCUT2D eigenvalue weighted by Crippen LogP contribution is -3.28. The van der Waals surface area contributed by atoms with Gasteiger partial charge in [-0.2, -0.15) is 0 Å². The van der Waals surface area contributed by atoms with Crippen molar-refractivity contribution in [2.24, 2.45) is 0 Å². The smallest absolute Gasteiger partial charge is 0.277 e. The van der Waals surface area contributed by atoms with Gasteiger partial charge in [0.15, 0.2) is 18.0 Å². The molecule has 7 nitrogen and oxygen atoms in total. The van der Waals surface area contributed by atoms with E-state index in [-0.39, 0.29) is 5.91 Å². The van der Waals surface area contributed by atoms with Crippen LogP contribution in [0.2, 0.25) is 0 Å². The number of benzene rings is 2. The fourth-order valence-corrected chi connectivity index (χ4v) is 4.26. The summed E-state index contributed by atoms with van der Waals surface area (Å²) < 4.78 is 10.9. The van der Waals surface area contributed by atoms with E-state index in [9.17, 15) is 4.79 Å². The van der Waals surface area contributed by atoms with E-state index in [1.54, 1.807) is 4.90 Å². The van der Waals surface area contributed by atoms with Gasteiger partial charge in [0, 0.05) is 38.9 Å². The average Bonchev–Trinajstić information content (AvgIpc) is 3.23. The summed E-state index contributed by atoms with van der Waals surface area (Å²) >= 11 is 0. The van der Waals surface area contributed by atoms with Crippen LogP contribution < -0.4 is 24.2 Å². The summed E-state index contributed by atoms with van der Waals surface area (Å²) in [7, 11) is 5.97. The second-order valence-corrected chi connectivity index (χ2v) is 8.85. The number of amides is 1. The highest BCUT2D eigenvalue weighted by Crippen LogP contribution is 2.32. The highest BCUT2D eigenvalue weighted by molar-refractivity contribution is 5.76. The second kappa shape index (κ2) is 9.58. The summed E-state index contributed by atoms with van der Waals surface area (Å²) in [4.78, 5) is 19.6. The van der Waals surface area contributed by atoms with Gasteiger partial charge >= 0.3 is 0 Å². The first kappa shape index (κ1) is 21.5. The molecule has 2 aromatic rings. The number of anilines is 1. The van der Waals surface area contributed by atoms with Gasteiger partial charge in [0.2, 0.25) is 6.79 Å². The van der Waals surface area contributed by atoms with Crippen molar-refractivity contribution in [3.63, 3.8) is 0 Å². The summed E-state index contributed by atoms with van der Waals surface area (Å²) in [6, 6.07) is 14.6. The number of nitrogens with zero attached hydrogens (tertiary/aromatic N) is 2. The van der Waals surface area contributed by atoms with Gasteiger partial charge in [0.05, 0.1) is 0 Å². The zero-order valence-corrected chi connectivity index (χ0v) is 18.8. The number of ether oxygens (including phenoxy) is 2. The molecule has 0 aliphatic carbocycles. The van der Waals surface area contributed by atoms with Gasteiger partial charge in [-0.3, -0.25) is 4.79 Å². The summed E-state index contributed by atoms with van der Waals surface area (Å²) in [6.45, 7) is 6.73. The summed E-state index contributed by atoms with van der Waals surface area (Å²) in [5.74, 6) is 1.90. The molecule has 2 heterocycles. The number of nitrogens with one attached hydrogen (secondary N) is 2. The minimum atomic E-state index is 0.214. The Labute approximate surface area is 184 Å². The molecule has 2 N–H and O–H groups in total. The van der Waals surface area contributed by atoms with Crippen LogP contribution >= 0.6 is 0 Å². The fraction of sp³-hybridized carbons (Fsp3) is 0.458. The normalized spacial score (nSPS) is 19.8. The molecule has 1 saturated heterocycles. The van der Waals surface area contributed by atoms with E-state index in [0.717, 1.165) is 49.8 Å². The van der Waals surface area contributed by atoms with Gasteiger partial charge in [-0.15, -0.1) is 0 Å². The maximum atomic E-state index is 12.7. The molecule has 1 amide bonds. The molecule has 2 aliphatic rings. The van der Waals surface area contributed by atoms with Crippen LogP contribution in [0.3, 0.4) is 0 Å². The Kier molecular flexibility index (Phi) is 6.63. The molecule has 0 aromatic heterocycles. The molecule has 4 rings (SSSR count). The standard InChI is InChI=1S/C24H32N4O3/c1-25(2)21-7-4-19(5-8-21)15-26(3)24(29)17-28-12-10-27(11-13-28)16-20-6-9-22-23(14-20)31-18-30-22/h4-9,14H,10-13,15-18H2,1-3H3/p+2. The maximum absolute atomic E-state index is 12.7. The Bertz CT molecular complexity index is 892. The van der Waals surface area contributed by atoms with Crippen LogP contribution in [-0.2, 0) is 17.9 Å². The Morgan fingerprint density at radius 3 is 2.23 bits per heavy atom. The number of carbonyl (C=O) groups is 1. The van der Waals surface area contributed by atoms with Crippen LogP contribution in [0.15, 0.2) is 42.5 Å². The number of fused-ring (bicyclic) bond motifs is 1. The van der Waals surface area contributed by atoms with Crippen molar-refractivity contribution in [2.75, 3.05) is 65.6 Å². The minimum absolute atomic E-state index is 0.214. The zero-order valence-electron chi connectivity index (χ0n) is 18.8. The molecule has 7 heteroatoms. The van der Waals surface area contributed by atoms with Crippen LogP contribution in [-0.4, -0.2) is 71.5 Å². The number of hydrogen-bond donors (Lipinski definition) is 2. The summed E-state index contributed by atoms with van der Waals surface area (Å²) in [6.07, 6.45) is 0. The van der Waals surface area contributed by atoms with Gasteiger partial charge in [0.1, 0.15) is 32.7 Å². The molecule has 1 fully saturated rings. The van der Waals surface area contributed by atoms with Gasteiger partial charge in [-0.05, 0) is 35.9 Å². The van der Waals surface area contributed by atoms with Crippen LogP contribution in [0.25, 0.3) is 0 Å². The van der Waals surface area contributed by atoms with Gasteiger partial charge < -0.3 is 29.1 Å². The molecule has 2 aliphatic heterocycles. The van der Waals surface area contributed by atoms with Crippen molar-refractivity contribution in [3.8, 4) is 11.5 Å². The minimum Gasteiger partial charge on any atom is -0.454 e. The number of rotatable bonds is 7. The molecule has 0 radical (unpaired) electrons. The van der Waals surface area contributed by atoms with E-state index < -0.39 is 0 Å². The van der Waals surface area contributed by atoms with Crippen LogP contribution in [0, 0.1) is 0 Å². The van der Waals surface area contributed by atoms with Crippen LogP contribution in [0.4, 0.5) is 5.69 Å². The SMILES string of the molecule is CN(Cc1ccc(N(C)C)cc1)C(=O)C[NH+]1CC[NH+](Cc2ccc3c(c2)OCO3)CC1. The number of quaternary nitrogens is 2. The lowest BCUT2D eigenvalue weighted by Gasteiger charge is -2.30. The topological polar surface area (TPSA) is 50.9 Å². The Morgan fingerprint density at radius 2 is 1.52 bits per heavy atom. The number of piperazine rings is 1. The third-order valence-corrected chi connectivity index (χ3v) is 6.25. The summed E-state index contributed by atoms with van der Waals surface area (Å²) in [5, 5.41) is 0. The number of hydrogen-bond acceptors (Lipinski definition) is 4. The molecular formula is C24H34N4O3+2. The molecule has 0 spiro atoms. The van der Waals surface area contributed by atoms with E-state index in [1.807, 2.05) is 32.1 Å². The Hall–Kier alpha value is -2.77. The quantitative estimate of drug-likeness (QED) is 0.622. The van der Waals surface area contributed by atoms with Gasteiger partial charge in [0.25, 0.3) is 5.91 Å². The van der Waals surface area contributed by atoms with Crippen LogP contribution in [0.5, 0.6) is 11.5 Å². The van der Waals surface area contributed by atoms with Crippen molar-refractivity contribution in [1.82, 2.24) is 4.90 Å². The van der Waals surface area contributed by atoms with E-state index >= 15 is 0 Å². The van der Waals surface area contributed by atoms with Crippen molar-refractivity contribution in [1.29, 1.82) is 0 Å². The first-order chi connectivity index (χ1) is 15.0. The van der Waals surface area contributed by atoms with Crippen molar-refractivity contribution in [3.05, 3.63) is 53.6 Å². The monoisotopic (exact) mass is 426 g/mol. The van der Waals surface area contributed by atoms with Crippen molar-refractivity contribution in [2.45, 2.75) is 13.1 Å². The third kappa shape index (κ3) is 5.48. The van der Waals surface area contributed by atoms with E-state index in [0.29, 0.717) is 19.9 Å². The van der Waals surface area contributed by atoms with Gasteiger partial charge in [-0.1, -0.05) is 12.1 Å². The molecule has 166 valence electrons. The molecule has 0 bridgehead atoms. The maximum Gasteiger partial charge on any atom is 0.277 e. The molecule has 0 atom stereocenters. The van der Waals surface area contributed by atoms with Crippen LogP contribution in [0.1, 0.15) is 11.1 Å². The average molecular weight is 427 g/mol. The highest BCUT2D eigenvalue weighted by atomic mass is 16.7. The Morgan fingerprint density at radius 1 is 0.871 bits per heavy atom. The van der Waals surface area contributed by atoms with E-state index in [2.05, 4.69) is 41.3 Å². The largest absolute Gasteiger partial charge is 0.454 e. The number of carbonyl (C=O) groups excluding carboxylic acids is 1. The van der Waals surface area contributed by atoms with E-state index in [4.69, 9.17) is 9.47 Å². The Balaban J connectivity index is 1.21. The molecule has 0 saturated carbocycles. The predicted octanol–water partition coefficient (Wildman–Crippen LogP) is -0.577. The molecule has 31 heavy (non-hydrogen) atoms. The number of likely N-dealkylation sites (N-methyl/N-ethyl adjacent to an activating group) is 1. The van der Waals surface area contributed by atoms with E-state index in [1.165, 1.54) is 16.2 Å². The van der Waals surface area contributed by atoms with Crippen molar-refractivity contribution >= 4 is 11.6 Å². The molecule has 2 aromatic carbocycles. The molecule has 0 unspecified atom stereocenters. The lowest BCUT2D eigenvalue weighted by atomic mass is 10.1. The fourth-order valence-electron chi connectivity index (χ4n) is 4.26.